The minimum Gasteiger partial charge on any atom is -0.564 e. The number of hydrogen-bond acceptors (Lipinski definition) is 2. The largest absolute Gasteiger partial charge is 0.564 e. The van der Waals surface area contributed by atoms with Gasteiger partial charge in [-0.05, 0) is 0 Å². The van der Waals surface area contributed by atoms with E-state index in [0.717, 1.165) is 0 Å². The molecule has 188 valence electrons. The first-order valence-electron chi connectivity index (χ1n) is 6.64. The highest BCUT2D eigenvalue weighted by Gasteiger charge is 2.95. The average Bonchev–Trinajstić information content (AvgIpc) is 2.50. The maximum absolute atomic E-state index is 13.3. The second-order valence-corrected chi connectivity index (χ2v) is 7.36. The molecule has 1 N–H and O–H groups in total. The fourth-order valence-electron chi connectivity index (χ4n) is 1.62. The zero-order chi connectivity index (χ0) is 25.9. The van der Waals surface area contributed by atoms with E-state index in [0.29, 0.717) is 0 Å². The monoisotopic (exact) mass is 526 g/mol. The lowest BCUT2D eigenvalue weighted by molar-refractivity contribution is -0.461. The molecule has 0 fully saturated rings. The lowest BCUT2D eigenvalue weighted by Crippen LogP contribution is -2.74. The Kier molecular flexibility index (Phi) is 7.07. The van der Waals surface area contributed by atoms with E-state index >= 15 is 0 Å². The van der Waals surface area contributed by atoms with Crippen molar-refractivity contribution in [3.05, 3.63) is 5.14 Å². The van der Waals surface area contributed by atoms with Gasteiger partial charge < -0.3 is 5.14 Å². The molecule has 0 aliphatic carbocycles. The number of rotatable bonds is 9. The first kappa shape index (κ1) is 29.7. The van der Waals surface area contributed by atoms with Crippen LogP contribution in [0.5, 0.6) is 0 Å². The summed E-state index contributed by atoms with van der Waals surface area (Å²) in [5, 5.41) is 6.05. The molecule has 0 aliphatic rings. The Morgan fingerprint density at radius 3 is 1.00 bits per heavy atom. The summed E-state index contributed by atoms with van der Waals surface area (Å²) in [7, 11) is -5.47. The zero-order valence-corrected chi connectivity index (χ0v) is 14.4. The SMILES string of the molecule is [NH-]S(=O)(=O)CCC(F)(F)C(F)(F)C(F)(F)C(F)(F)C(F)(F)C(F)(F)C(F)(F)C(F)(F)F. The minimum absolute atomic E-state index is 2.50. The predicted octanol–water partition coefficient (Wildman–Crippen LogP) is 5.77. The van der Waals surface area contributed by atoms with Gasteiger partial charge in [-0.15, -0.1) is 0 Å². The third-order valence-corrected chi connectivity index (χ3v) is 4.21. The van der Waals surface area contributed by atoms with Crippen LogP contribution < -0.4 is 0 Å². The molecule has 0 aliphatic heterocycles. The van der Waals surface area contributed by atoms with Crippen LogP contribution in [0.1, 0.15) is 6.42 Å². The van der Waals surface area contributed by atoms with Gasteiger partial charge in [-0.1, -0.05) is 0 Å². The maximum atomic E-state index is 13.3. The van der Waals surface area contributed by atoms with E-state index in [1.807, 2.05) is 0 Å². The van der Waals surface area contributed by atoms with Crippen LogP contribution in [0.25, 0.3) is 5.14 Å². The molecule has 3 nitrogen and oxygen atoms in total. The van der Waals surface area contributed by atoms with Crippen molar-refractivity contribution in [3.63, 3.8) is 0 Å². The number of hydrogen-bond donors (Lipinski definition) is 0. The van der Waals surface area contributed by atoms with Crippen LogP contribution in [0.2, 0.25) is 0 Å². The average molecular weight is 526 g/mol. The summed E-state index contributed by atoms with van der Waals surface area (Å²) in [5.41, 5.74) is 0. The van der Waals surface area contributed by atoms with Gasteiger partial charge in [-0.3, -0.25) is 0 Å². The minimum atomic E-state index is -8.73. The standard InChI is InChI=1S/C10H5F17NO2S/c11-3(12,1-2-31(28,29)30)4(13,14)5(15,16)6(17,18)7(19,20)8(21,22)9(23,24)10(25,26)27/h1-2H2,(H-,28,29,30)/q-1. The number of halogens is 17. The van der Waals surface area contributed by atoms with E-state index in [1.165, 1.54) is 0 Å². The molecule has 0 atom stereocenters. The molecule has 21 heteroatoms. The van der Waals surface area contributed by atoms with Gasteiger partial charge in [0.15, 0.2) is 0 Å². The normalized spacial score (nSPS) is 16.6. The van der Waals surface area contributed by atoms with Gasteiger partial charge in [0.25, 0.3) is 0 Å². The van der Waals surface area contributed by atoms with E-state index in [2.05, 4.69) is 0 Å². The summed E-state index contributed by atoms with van der Waals surface area (Å²) >= 11 is 0. The van der Waals surface area contributed by atoms with Gasteiger partial charge in [0.05, 0.1) is 10.0 Å². The zero-order valence-electron chi connectivity index (χ0n) is 13.6. The maximum Gasteiger partial charge on any atom is 0.460 e. The number of sulfonamides is 1. The molecule has 0 heterocycles. The quantitative estimate of drug-likeness (QED) is 0.359. The first-order chi connectivity index (χ1) is 13.0. The summed E-state index contributed by atoms with van der Waals surface area (Å²) < 4.78 is 239. The Morgan fingerprint density at radius 1 is 0.484 bits per heavy atom. The predicted molar refractivity (Wildman–Crippen MR) is 63.4 cm³/mol. The molecule has 0 saturated heterocycles. The Balaban J connectivity index is 6.62. The summed E-state index contributed by atoms with van der Waals surface area (Å²) in [5.74, 6) is -60.0. The van der Waals surface area contributed by atoms with Gasteiger partial charge in [0.2, 0.25) is 0 Å². The van der Waals surface area contributed by atoms with Crippen LogP contribution >= 0.6 is 0 Å². The van der Waals surface area contributed by atoms with E-state index < -0.39 is 69.8 Å². The molecule has 31 heavy (non-hydrogen) atoms. The smallest absolute Gasteiger partial charge is 0.460 e. The van der Waals surface area contributed by atoms with Gasteiger partial charge >= 0.3 is 47.6 Å². The molecule has 0 saturated carbocycles. The van der Waals surface area contributed by atoms with Gasteiger partial charge in [-0.2, -0.15) is 74.6 Å². The highest BCUT2D eigenvalue weighted by molar-refractivity contribution is 7.93. The molecular weight excluding hydrogens is 521 g/mol. The molecule has 0 bridgehead atoms. The third kappa shape index (κ3) is 4.34. The lowest BCUT2D eigenvalue weighted by atomic mass is 9.88. The molecule has 0 rings (SSSR count). The molecule has 0 aromatic heterocycles. The molecule has 0 radical (unpaired) electrons. The molecule has 0 unspecified atom stereocenters. The number of nitrogens with one attached hydrogen (secondary N) is 1. The highest BCUT2D eigenvalue weighted by Crippen LogP contribution is 2.64. The second kappa shape index (κ2) is 7.37. The van der Waals surface area contributed by atoms with Crippen molar-refractivity contribution in [2.24, 2.45) is 0 Å². The van der Waals surface area contributed by atoms with Crippen molar-refractivity contribution in [2.75, 3.05) is 5.75 Å². The van der Waals surface area contributed by atoms with Crippen LogP contribution in [0, 0.1) is 0 Å². The van der Waals surface area contributed by atoms with Crippen molar-refractivity contribution < 1.29 is 83.1 Å². The van der Waals surface area contributed by atoms with Crippen molar-refractivity contribution in [2.45, 2.75) is 54.1 Å². The fourth-order valence-corrected chi connectivity index (χ4v) is 2.14. The van der Waals surface area contributed by atoms with Crippen LogP contribution in [0.3, 0.4) is 0 Å². The third-order valence-electron chi connectivity index (χ3n) is 3.47. The van der Waals surface area contributed by atoms with Gasteiger partial charge in [-0.25, -0.2) is 8.42 Å². The van der Waals surface area contributed by atoms with Crippen LogP contribution in [0.15, 0.2) is 0 Å². The Labute approximate surface area is 159 Å². The lowest BCUT2D eigenvalue weighted by Gasteiger charge is -2.42. The Hall–Kier alpha value is -1.28. The van der Waals surface area contributed by atoms with Gasteiger partial charge in [0, 0.05) is 12.2 Å². The molecule has 0 amide bonds. The van der Waals surface area contributed by atoms with Crippen LogP contribution in [-0.2, 0) is 10.0 Å². The van der Waals surface area contributed by atoms with E-state index in [-0.39, 0.29) is 0 Å². The van der Waals surface area contributed by atoms with Crippen LogP contribution in [0.4, 0.5) is 74.6 Å². The number of alkyl halides is 17. The molecule has 0 spiro atoms. The van der Waals surface area contributed by atoms with Gasteiger partial charge in [0.1, 0.15) is 0 Å². The first-order valence-corrected chi connectivity index (χ1v) is 8.29. The van der Waals surface area contributed by atoms with E-state index in [1.54, 1.807) is 0 Å². The van der Waals surface area contributed by atoms with Crippen molar-refractivity contribution in [3.8, 4) is 0 Å². The van der Waals surface area contributed by atoms with Crippen molar-refractivity contribution >= 4 is 10.0 Å². The molecular formula is C10H5F17NO2S-. The second-order valence-electron chi connectivity index (χ2n) is 5.72. The summed E-state index contributed by atoms with van der Waals surface area (Å²) in [6.07, 6.45) is -11.0. The Morgan fingerprint density at radius 2 is 0.742 bits per heavy atom. The van der Waals surface area contributed by atoms with Crippen molar-refractivity contribution in [1.29, 1.82) is 0 Å². The summed E-state index contributed by atoms with van der Waals surface area (Å²) in [6, 6.07) is 0. The molecule has 0 aromatic rings. The Bertz CT molecular complexity index is 768. The topological polar surface area (TPSA) is 57.9 Å². The molecule has 0 aromatic carbocycles. The van der Waals surface area contributed by atoms with Crippen LogP contribution in [-0.4, -0.2) is 61.8 Å². The van der Waals surface area contributed by atoms with E-state index in [4.69, 9.17) is 5.14 Å². The van der Waals surface area contributed by atoms with Crippen molar-refractivity contribution in [1.82, 2.24) is 0 Å². The summed E-state index contributed by atoms with van der Waals surface area (Å²) in [4.78, 5) is 0. The fraction of sp³-hybridized carbons (Fsp3) is 1.00. The summed E-state index contributed by atoms with van der Waals surface area (Å²) in [6.45, 7) is 0. The van der Waals surface area contributed by atoms with E-state index in [9.17, 15) is 83.1 Å². The highest BCUT2D eigenvalue weighted by atomic mass is 32.2.